The number of rotatable bonds is 6. The zero-order chi connectivity index (χ0) is 20.6. The Labute approximate surface area is 168 Å². The zero-order valence-electron chi connectivity index (χ0n) is 16.8. The molecule has 0 unspecified atom stereocenters. The van der Waals surface area contributed by atoms with Crippen LogP contribution in [0.2, 0.25) is 0 Å². The Morgan fingerprint density at radius 1 is 1.17 bits per heavy atom. The molecule has 0 aliphatic carbocycles. The molecule has 1 aromatic carbocycles. The molecule has 8 nitrogen and oxygen atoms in total. The van der Waals surface area contributed by atoms with Crippen LogP contribution in [0.4, 0.5) is 5.82 Å². The van der Waals surface area contributed by atoms with E-state index in [1.165, 1.54) is 6.33 Å². The number of hydrogen-bond acceptors (Lipinski definition) is 7. The minimum atomic E-state index is -0.348. The summed E-state index contributed by atoms with van der Waals surface area (Å²) in [7, 11) is 0. The van der Waals surface area contributed by atoms with E-state index >= 15 is 0 Å². The van der Waals surface area contributed by atoms with Gasteiger partial charge in [-0.2, -0.15) is 5.10 Å². The summed E-state index contributed by atoms with van der Waals surface area (Å²) in [6, 6.07) is 9.75. The standard InChI is InChI=1S/C21H24N6O2/c1-4-29-16-8-6-13-9-14(5-7-15(13)25-16)18-17-19(22)23-12-24-20(17)27(26-18)10-21(2,3)11-28/h5-9,12,28H,4,10-11H2,1-3H3,(H2,22,23,24). The van der Waals surface area contributed by atoms with Crippen molar-refractivity contribution in [2.24, 2.45) is 5.41 Å². The zero-order valence-corrected chi connectivity index (χ0v) is 16.8. The topological polar surface area (TPSA) is 112 Å². The van der Waals surface area contributed by atoms with Gasteiger partial charge in [-0.05, 0) is 25.1 Å². The smallest absolute Gasteiger partial charge is 0.213 e. The van der Waals surface area contributed by atoms with E-state index in [9.17, 15) is 5.11 Å². The van der Waals surface area contributed by atoms with Crippen LogP contribution < -0.4 is 10.5 Å². The van der Waals surface area contributed by atoms with Gasteiger partial charge in [-0.1, -0.05) is 19.9 Å². The highest BCUT2D eigenvalue weighted by Gasteiger charge is 2.23. The molecule has 3 N–H and O–H groups in total. The molecule has 0 spiro atoms. The van der Waals surface area contributed by atoms with Gasteiger partial charge < -0.3 is 15.6 Å². The molecule has 0 fully saturated rings. The molecular weight excluding hydrogens is 368 g/mol. The number of nitrogens with zero attached hydrogens (tertiary/aromatic N) is 5. The summed E-state index contributed by atoms with van der Waals surface area (Å²) < 4.78 is 7.27. The molecule has 4 aromatic rings. The molecule has 0 aliphatic heterocycles. The third-order valence-corrected chi connectivity index (χ3v) is 4.79. The normalized spacial score (nSPS) is 12.0. The number of nitrogen functional groups attached to an aromatic ring is 1. The third kappa shape index (κ3) is 3.58. The number of fused-ring (bicyclic) bond motifs is 2. The maximum Gasteiger partial charge on any atom is 0.213 e. The Hall–Kier alpha value is -3.26. The lowest BCUT2D eigenvalue weighted by atomic mass is 9.95. The van der Waals surface area contributed by atoms with E-state index in [-0.39, 0.29) is 12.0 Å². The summed E-state index contributed by atoms with van der Waals surface area (Å²) in [5.41, 5.74) is 8.94. The van der Waals surface area contributed by atoms with Crippen molar-refractivity contribution in [2.45, 2.75) is 27.3 Å². The van der Waals surface area contributed by atoms with Crippen LogP contribution in [0.1, 0.15) is 20.8 Å². The molecular formula is C21H24N6O2. The van der Waals surface area contributed by atoms with Gasteiger partial charge in [0.1, 0.15) is 17.8 Å². The number of aliphatic hydroxyl groups excluding tert-OH is 1. The predicted octanol–water partition coefficient (Wildman–Crippen LogP) is 3.04. The maximum atomic E-state index is 9.67. The van der Waals surface area contributed by atoms with Gasteiger partial charge in [-0.15, -0.1) is 0 Å². The molecule has 0 aliphatic rings. The first kappa shape index (κ1) is 19.1. The van der Waals surface area contributed by atoms with Crippen LogP contribution in [0.5, 0.6) is 5.88 Å². The summed E-state index contributed by atoms with van der Waals surface area (Å²) in [4.78, 5) is 13.1. The van der Waals surface area contributed by atoms with Crippen molar-refractivity contribution in [1.82, 2.24) is 24.7 Å². The van der Waals surface area contributed by atoms with E-state index in [0.717, 1.165) is 16.5 Å². The number of anilines is 1. The van der Waals surface area contributed by atoms with Crippen molar-refractivity contribution in [2.75, 3.05) is 18.9 Å². The van der Waals surface area contributed by atoms with Crippen LogP contribution in [0, 0.1) is 5.41 Å². The molecule has 150 valence electrons. The van der Waals surface area contributed by atoms with Crippen LogP contribution >= 0.6 is 0 Å². The number of hydrogen-bond donors (Lipinski definition) is 2. The average molecular weight is 392 g/mol. The molecule has 0 radical (unpaired) electrons. The minimum Gasteiger partial charge on any atom is -0.478 e. The SMILES string of the molecule is CCOc1ccc2cc(-c3nn(CC(C)(C)CO)c4ncnc(N)c34)ccc2n1. The highest BCUT2D eigenvalue weighted by atomic mass is 16.5. The van der Waals surface area contributed by atoms with E-state index in [1.807, 2.05) is 51.1 Å². The van der Waals surface area contributed by atoms with Gasteiger partial charge in [-0.25, -0.2) is 19.6 Å². The Morgan fingerprint density at radius 2 is 2.00 bits per heavy atom. The number of aliphatic hydroxyl groups is 1. The van der Waals surface area contributed by atoms with Crippen LogP contribution in [0.3, 0.4) is 0 Å². The molecule has 0 atom stereocenters. The first-order valence-corrected chi connectivity index (χ1v) is 9.53. The molecule has 0 amide bonds. The lowest BCUT2D eigenvalue weighted by molar-refractivity contribution is 0.138. The van der Waals surface area contributed by atoms with Crippen LogP contribution in [-0.2, 0) is 6.54 Å². The van der Waals surface area contributed by atoms with Crippen molar-refractivity contribution < 1.29 is 9.84 Å². The predicted molar refractivity (Wildman–Crippen MR) is 113 cm³/mol. The summed E-state index contributed by atoms with van der Waals surface area (Å²) in [6.45, 7) is 6.99. The first-order valence-electron chi connectivity index (χ1n) is 9.53. The van der Waals surface area contributed by atoms with Gasteiger partial charge in [0.2, 0.25) is 5.88 Å². The molecule has 4 rings (SSSR count). The van der Waals surface area contributed by atoms with Crippen LogP contribution in [-0.4, -0.2) is 43.1 Å². The number of ether oxygens (including phenoxy) is 1. The first-order chi connectivity index (χ1) is 13.9. The molecule has 0 saturated carbocycles. The van der Waals surface area contributed by atoms with E-state index in [1.54, 1.807) is 4.68 Å². The second-order valence-corrected chi connectivity index (χ2v) is 7.78. The molecule has 0 bridgehead atoms. The van der Waals surface area contributed by atoms with Crippen molar-refractivity contribution >= 4 is 27.8 Å². The van der Waals surface area contributed by atoms with E-state index < -0.39 is 0 Å². The van der Waals surface area contributed by atoms with Gasteiger partial charge in [0.05, 0.1) is 24.1 Å². The van der Waals surface area contributed by atoms with E-state index in [2.05, 4.69) is 15.0 Å². The van der Waals surface area contributed by atoms with Crippen molar-refractivity contribution in [3.8, 4) is 17.1 Å². The fraction of sp³-hybridized carbons (Fsp3) is 0.333. The largest absolute Gasteiger partial charge is 0.478 e. The second-order valence-electron chi connectivity index (χ2n) is 7.78. The lowest BCUT2D eigenvalue weighted by Gasteiger charge is -2.21. The van der Waals surface area contributed by atoms with Gasteiger partial charge >= 0.3 is 0 Å². The fourth-order valence-electron chi connectivity index (χ4n) is 3.28. The van der Waals surface area contributed by atoms with Crippen molar-refractivity contribution in [3.63, 3.8) is 0 Å². The molecule has 3 heterocycles. The summed E-state index contributed by atoms with van der Waals surface area (Å²) >= 11 is 0. The summed E-state index contributed by atoms with van der Waals surface area (Å²) in [5, 5.41) is 16.1. The molecule has 8 heteroatoms. The minimum absolute atomic E-state index is 0.0358. The monoisotopic (exact) mass is 392 g/mol. The fourth-order valence-corrected chi connectivity index (χ4v) is 3.28. The Kier molecular flexibility index (Phi) is 4.79. The quantitative estimate of drug-likeness (QED) is 0.518. The Morgan fingerprint density at radius 3 is 2.76 bits per heavy atom. The number of nitrogens with two attached hydrogens (primary N) is 1. The van der Waals surface area contributed by atoms with E-state index in [4.69, 9.17) is 15.6 Å². The Bertz CT molecular complexity index is 1180. The molecule has 0 saturated heterocycles. The van der Waals surface area contributed by atoms with Crippen LogP contribution in [0.15, 0.2) is 36.7 Å². The number of benzene rings is 1. The second kappa shape index (κ2) is 7.29. The lowest BCUT2D eigenvalue weighted by Crippen LogP contribution is -2.24. The third-order valence-electron chi connectivity index (χ3n) is 4.79. The average Bonchev–Trinajstić information content (AvgIpc) is 3.07. The molecule has 29 heavy (non-hydrogen) atoms. The maximum absolute atomic E-state index is 9.67. The number of pyridine rings is 1. The highest BCUT2D eigenvalue weighted by molar-refractivity contribution is 5.99. The highest BCUT2D eigenvalue weighted by Crippen LogP contribution is 2.33. The van der Waals surface area contributed by atoms with Gasteiger partial charge in [0.15, 0.2) is 5.65 Å². The summed E-state index contributed by atoms with van der Waals surface area (Å²) in [6.07, 6.45) is 1.44. The van der Waals surface area contributed by atoms with Crippen molar-refractivity contribution in [1.29, 1.82) is 0 Å². The van der Waals surface area contributed by atoms with Crippen LogP contribution in [0.25, 0.3) is 33.2 Å². The van der Waals surface area contributed by atoms with Gasteiger partial charge in [-0.3, -0.25) is 0 Å². The van der Waals surface area contributed by atoms with Crippen molar-refractivity contribution in [3.05, 3.63) is 36.7 Å². The van der Waals surface area contributed by atoms with E-state index in [0.29, 0.717) is 41.6 Å². The number of aromatic nitrogens is 5. The molecule has 3 aromatic heterocycles. The van der Waals surface area contributed by atoms with Gasteiger partial charge in [0, 0.05) is 29.0 Å². The summed E-state index contributed by atoms with van der Waals surface area (Å²) in [5.74, 6) is 0.981. The van der Waals surface area contributed by atoms with Gasteiger partial charge in [0.25, 0.3) is 0 Å². The Balaban J connectivity index is 1.86.